The van der Waals surface area contributed by atoms with Crippen molar-refractivity contribution in [1.82, 2.24) is 9.55 Å². The summed E-state index contributed by atoms with van der Waals surface area (Å²) in [5.74, 6) is -1.07. The van der Waals surface area contributed by atoms with E-state index in [1.807, 2.05) is 13.0 Å². The van der Waals surface area contributed by atoms with Crippen molar-refractivity contribution in [3.63, 3.8) is 0 Å². The van der Waals surface area contributed by atoms with Gasteiger partial charge in [-0.05, 0) is 36.6 Å². The van der Waals surface area contributed by atoms with Gasteiger partial charge in [0.2, 0.25) is 0 Å². The Morgan fingerprint density at radius 1 is 1.20 bits per heavy atom. The maximum atomic E-state index is 13.2. The lowest BCUT2D eigenvalue weighted by Gasteiger charge is -2.32. The van der Waals surface area contributed by atoms with Crippen LogP contribution in [0.3, 0.4) is 0 Å². The molecule has 1 aromatic carbocycles. The van der Waals surface area contributed by atoms with Crippen molar-refractivity contribution in [2.75, 3.05) is 0 Å². The Labute approximate surface area is 171 Å². The summed E-state index contributed by atoms with van der Waals surface area (Å²) in [7, 11) is 0. The van der Waals surface area contributed by atoms with Crippen LogP contribution in [0.4, 0.5) is 0 Å². The third kappa shape index (κ3) is 2.22. The first-order chi connectivity index (χ1) is 14.3. The fraction of sp³-hybridized carbons (Fsp3) is 0.318. The number of esters is 1. The van der Waals surface area contributed by atoms with Crippen LogP contribution in [-0.2, 0) is 34.7 Å². The monoisotopic (exact) mass is 408 g/mol. The molecule has 8 heteroatoms. The zero-order valence-electron chi connectivity index (χ0n) is 16.5. The quantitative estimate of drug-likeness (QED) is 0.434. The minimum atomic E-state index is -2.09. The maximum Gasteiger partial charge on any atom is 0.343 e. The number of ether oxygens (including phenoxy) is 1. The van der Waals surface area contributed by atoms with Gasteiger partial charge in [0.1, 0.15) is 23.8 Å². The van der Waals surface area contributed by atoms with Gasteiger partial charge in [-0.1, -0.05) is 13.8 Å². The highest BCUT2D eigenvalue weighted by molar-refractivity contribution is 5.90. The van der Waals surface area contributed by atoms with Gasteiger partial charge in [0.15, 0.2) is 5.60 Å². The van der Waals surface area contributed by atoms with Crippen molar-refractivity contribution in [3.8, 4) is 22.9 Å². The number of carbonyl (C=O) groups is 1. The number of aryl methyl sites for hydroxylation is 1. The predicted octanol–water partition coefficient (Wildman–Crippen LogP) is 2.05. The van der Waals surface area contributed by atoms with E-state index in [0.717, 1.165) is 10.9 Å². The van der Waals surface area contributed by atoms with Gasteiger partial charge in [-0.3, -0.25) is 9.36 Å². The molecule has 0 amide bonds. The van der Waals surface area contributed by atoms with E-state index in [0.29, 0.717) is 23.2 Å². The number of fused-ring (bicyclic) bond motifs is 5. The second-order valence-electron chi connectivity index (χ2n) is 7.76. The van der Waals surface area contributed by atoms with Gasteiger partial charge >= 0.3 is 5.97 Å². The van der Waals surface area contributed by atoms with Crippen molar-refractivity contribution < 1.29 is 24.9 Å². The Morgan fingerprint density at radius 2 is 1.97 bits per heavy atom. The first-order valence-corrected chi connectivity index (χ1v) is 9.84. The molecule has 154 valence electrons. The number of hydrogen-bond acceptors (Lipinski definition) is 7. The summed E-state index contributed by atoms with van der Waals surface area (Å²) in [5, 5.41) is 32.8. The predicted molar refractivity (Wildman–Crippen MR) is 107 cm³/mol. The first-order valence-electron chi connectivity index (χ1n) is 9.84. The van der Waals surface area contributed by atoms with Crippen LogP contribution in [-0.4, -0.2) is 30.8 Å². The van der Waals surface area contributed by atoms with E-state index in [9.17, 15) is 24.9 Å². The molecule has 0 bridgehead atoms. The summed E-state index contributed by atoms with van der Waals surface area (Å²) in [6, 6.07) is 5.10. The fourth-order valence-corrected chi connectivity index (χ4v) is 4.56. The van der Waals surface area contributed by atoms with Crippen LogP contribution < -0.4 is 5.56 Å². The zero-order valence-corrected chi connectivity index (χ0v) is 16.5. The van der Waals surface area contributed by atoms with Gasteiger partial charge in [-0.2, -0.15) is 0 Å². The molecule has 0 saturated carbocycles. The van der Waals surface area contributed by atoms with Gasteiger partial charge in [0.05, 0.1) is 28.9 Å². The van der Waals surface area contributed by atoms with Crippen molar-refractivity contribution in [3.05, 3.63) is 50.8 Å². The van der Waals surface area contributed by atoms with E-state index >= 15 is 0 Å². The van der Waals surface area contributed by atoms with Crippen LogP contribution in [0.2, 0.25) is 0 Å². The molecule has 0 unspecified atom stereocenters. The largest absolute Gasteiger partial charge is 0.508 e. The molecule has 5 rings (SSSR count). The number of aromatic hydroxyl groups is 2. The number of nitrogens with zero attached hydrogens (tertiary/aromatic N) is 2. The van der Waals surface area contributed by atoms with E-state index in [2.05, 4.69) is 0 Å². The van der Waals surface area contributed by atoms with Gasteiger partial charge in [-0.15, -0.1) is 0 Å². The number of phenols is 1. The van der Waals surface area contributed by atoms with Gasteiger partial charge in [-0.25, -0.2) is 9.78 Å². The Balaban J connectivity index is 1.86. The summed E-state index contributed by atoms with van der Waals surface area (Å²) in [6.45, 7) is 3.41. The van der Waals surface area contributed by atoms with Gasteiger partial charge in [0.25, 0.3) is 5.56 Å². The molecule has 0 saturated heterocycles. The first kappa shape index (κ1) is 18.6. The SMILES string of the molecule is CCc1cc(O)cc2cc3c(nc12)-c1c(O)c2c(c(=O)n1C3)COC(=O)[C@]2(O)CC. The van der Waals surface area contributed by atoms with E-state index < -0.39 is 17.1 Å². The van der Waals surface area contributed by atoms with Crippen molar-refractivity contribution in [1.29, 1.82) is 0 Å². The summed E-state index contributed by atoms with van der Waals surface area (Å²) in [6.07, 6.45) is 0.591. The molecule has 2 aliphatic rings. The number of rotatable bonds is 2. The molecule has 2 aliphatic heterocycles. The van der Waals surface area contributed by atoms with Crippen LogP contribution in [0, 0.1) is 0 Å². The Morgan fingerprint density at radius 3 is 2.67 bits per heavy atom. The Hall–Kier alpha value is -3.39. The highest BCUT2D eigenvalue weighted by atomic mass is 16.6. The average Bonchev–Trinajstić information content (AvgIpc) is 3.10. The molecule has 8 nitrogen and oxygen atoms in total. The Bertz CT molecular complexity index is 1330. The van der Waals surface area contributed by atoms with E-state index in [-0.39, 0.29) is 47.9 Å². The highest BCUT2D eigenvalue weighted by Gasteiger charge is 2.48. The number of pyridine rings is 2. The van der Waals surface area contributed by atoms with Crippen LogP contribution in [0.1, 0.15) is 42.5 Å². The number of hydrogen-bond donors (Lipinski definition) is 3. The lowest BCUT2D eigenvalue weighted by molar-refractivity contribution is -0.172. The molecule has 0 spiro atoms. The molecule has 3 N–H and O–H groups in total. The van der Waals surface area contributed by atoms with Gasteiger partial charge < -0.3 is 20.1 Å². The topological polar surface area (TPSA) is 122 Å². The van der Waals surface area contributed by atoms with Crippen LogP contribution in [0.5, 0.6) is 11.5 Å². The second kappa shape index (κ2) is 6.06. The van der Waals surface area contributed by atoms with Crippen molar-refractivity contribution >= 4 is 16.9 Å². The van der Waals surface area contributed by atoms with Gasteiger partial charge in [0, 0.05) is 10.9 Å². The number of cyclic esters (lactones) is 1. The highest BCUT2D eigenvalue weighted by Crippen LogP contribution is 2.46. The molecule has 4 heterocycles. The number of phenolic OH excluding ortho intramolecular Hbond substituents is 1. The Kier molecular flexibility index (Phi) is 3.76. The van der Waals surface area contributed by atoms with Crippen molar-refractivity contribution in [2.45, 2.75) is 45.4 Å². The van der Waals surface area contributed by atoms with Crippen LogP contribution in [0.25, 0.3) is 22.3 Å². The van der Waals surface area contributed by atoms with Crippen LogP contribution in [0.15, 0.2) is 23.0 Å². The standard InChI is InChI=1S/C22H20N2O6/c1-3-10-6-13(25)7-11-5-12-8-24-18(17(12)23-16(10)11)19(26)15-14(20(24)27)9-30-21(28)22(15,29)4-2/h5-7,25-26,29H,3-4,8-9H2,1-2H3/t22-/m0/s1. The van der Waals surface area contributed by atoms with Crippen LogP contribution >= 0.6 is 0 Å². The lowest BCUT2D eigenvalue weighted by atomic mass is 9.85. The van der Waals surface area contributed by atoms with Crippen molar-refractivity contribution in [2.24, 2.45) is 0 Å². The number of aromatic nitrogens is 2. The minimum absolute atomic E-state index is 0.0491. The third-order valence-corrected chi connectivity index (χ3v) is 6.14. The summed E-state index contributed by atoms with van der Waals surface area (Å²) in [5.41, 5.74) is 0.280. The second-order valence-corrected chi connectivity index (χ2v) is 7.76. The smallest absolute Gasteiger partial charge is 0.343 e. The number of benzene rings is 1. The summed E-state index contributed by atoms with van der Waals surface area (Å²) in [4.78, 5) is 30.2. The molecule has 30 heavy (non-hydrogen) atoms. The molecule has 2 aromatic heterocycles. The zero-order chi connectivity index (χ0) is 21.4. The normalized spacial score (nSPS) is 19.4. The lowest BCUT2D eigenvalue weighted by Crippen LogP contribution is -2.44. The molecule has 0 aliphatic carbocycles. The van der Waals surface area contributed by atoms with E-state index in [4.69, 9.17) is 9.72 Å². The maximum absolute atomic E-state index is 13.2. The minimum Gasteiger partial charge on any atom is -0.508 e. The molecular weight excluding hydrogens is 388 g/mol. The van der Waals surface area contributed by atoms with E-state index in [1.54, 1.807) is 19.1 Å². The molecule has 1 atom stereocenters. The molecule has 0 fully saturated rings. The average molecular weight is 408 g/mol. The number of carbonyl (C=O) groups excluding carboxylic acids is 1. The molecule has 0 radical (unpaired) electrons. The number of aliphatic hydroxyl groups is 1. The summed E-state index contributed by atoms with van der Waals surface area (Å²) >= 11 is 0. The fourth-order valence-electron chi connectivity index (χ4n) is 4.56. The summed E-state index contributed by atoms with van der Waals surface area (Å²) < 4.78 is 6.43. The molecule has 3 aromatic rings. The van der Waals surface area contributed by atoms with E-state index in [1.165, 1.54) is 4.57 Å². The molecular formula is C22H20N2O6. The third-order valence-electron chi connectivity index (χ3n) is 6.14.